The van der Waals surface area contributed by atoms with Gasteiger partial charge in [-0.05, 0) is 49.8 Å². The lowest BCUT2D eigenvalue weighted by molar-refractivity contribution is 0.131. The van der Waals surface area contributed by atoms with E-state index in [1.54, 1.807) is 11.1 Å². The monoisotopic (exact) mass is 201 g/mol. The summed E-state index contributed by atoms with van der Waals surface area (Å²) in [5, 5.41) is 0. The SMILES string of the molecule is CN1CC2CC[C@@H]1Cc1ccccc1C2. The third-order valence-corrected chi connectivity index (χ3v) is 4.16. The van der Waals surface area contributed by atoms with Crippen molar-refractivity contribution in [1.82, 2.24) is 4.90 Å². The lowest BCUT2D eigenvalue weighted by Crippen LogP contribution is -2.44. The Balaban J connectivity index is 1.98. The Bertz CT molecular complexity index is 358. The Morgan fingerprint density at radius 2 is 1.80 bits per heavy atom. The third kappa shape index (κ3) is 1.69. The summed E-state index contributed by atoms with van der Waals surface area (Å²) in [6.45, 7) is 1.30. The first kappa shape index (κ1) is 9.41. The fourth-order valence-electron chi connectivity index (χ4n) is 3.24. The van der Waals surface area contributed by atoms with E-state index in [4.69, 9.17) is 0 Å². The molecule has 0 aromatic heterocycles. The maximum absolute atomic E-state index is 2.57. The van der Waals surface area contributed by atoms with Gasteiger partial charge in [0.25, 0.3) is 0 Å². The van der Waals surface area contributed by atoms with Gasteiger partial charge in [-0.3, -0.25) is 0 Å². The molecule has 0 radical (unpaired) electrons. The van der Waals surface area contributed by atoms with Crippen molar-refractivity contribution in [3.8, 4) is 0 Å². The number of hydrogen-bond donors (Lipinski definition) is 0. The van der Waals surface area contributed by atoms with Gasteiger partial charge in [0.2, 0.25) is 0 Å². The van der Waals surface area contributed by atoms with Crippen LogP contribution >= 0.6 is 0 Å². The maximum Gasteiger partial charge on any atom is 0.0133 e. The first-order valence-corrected chi connectivity index (χ1v) is 6.10. The minimum absolute atomic E-state index is 0.794. The summed E-state index contributed by atoms with van der Waals surface area (Å²) in [6, 6.07) is 9.83. The van der Waals surface area contributed by atoms with Gasteiger partial charge in [-0.25, -0.2) is 0 Å². The van der Waals surface area contributed by atoms with E-state index < -0.39 is 0 Å². The molecule has 1 aromatic rings. The molecule has 1 nitrogen and oxygen atoms in total. The van der Waals surface area contributed by atoms with Gasteiger partial charge >= 0.3 is 0 Å². The molecule has 0 spiro atoms. The molecule has 2 heterocycles. The molecule has 80 valence electrons. The number of likely N-dealkylation sites (N-methyl/N-ethyl adjacent to an activating group) is 1. The lowest BCUT2D eigenvalue weighted by atomic mass is 9.80. The smallest absolute Gasteiger partial charge is 0.0133 e. The number of hydrogen-bond acceptors (Lipinski definition) is 1. The second-order valence-electron chi connectivity index (χ2n) is 5.21. The van der Waals surface area contributed by atoms with Gasteiger partial charge in [0.1, 0.15) is 0 Å². The summed E-state index contributed by atoms with van der Waals surface area (Å²) >= 11 is 0. The van der Waals surface area contributed by atoms with Crippen molar-refractivity contribution in [3.05, 3.63) is 35.4 Å². The minimum atomic E-state index is 0.794. The number of piperidine rings is 1. The Morgan fingerprint density at radius 3 is 2.53 bits per heavy atom. The fourth-order valence-corrected chi connectivity index (χ4v) is 3.24. The zero-order chi connectivity index (χ0) is 10.3. The molecule has 0 amide bonds. The van der Waals surface area contributed by atoms with Crippen molar-refractivity contribution in [2.24, 2.45) is 5.92 Å². The van der Waals surface area contributed by atoms with Crippen LogP contribution in [0.1, 0.15) is 24.0 Å². The van der Waals surface area contributed by atoms with Gasteiger partial charge < -0.3 is 4.90 Å². The van der Waals surface area contributed by atoms with Crippen LogP contribution in [0, 0.1) is 5.92 Å². The molecule has 2 atom stereocenters. The van der Waals surface area contributed by atoms with Crippen LogP contribution in [-0.2, 0) is 12.8 Å². The van der Waals surface area contributed by atoms with E-state index in [2.05, 4.69) is 36.2 Å². The highest BCUT2D eigenvalue weighted by Crippen LogP contribution is 2.30. The van der Waals surface area contributed by atoms with Crippen molar-refractivity contribution >= 4 is 0 Å². The van der Waals surface area contributed by atoms with E-state index in [9.17, 15) is 0 Å². The van der Waals surface area contributed by atoms with Crippen LogP contribution < -0.4 is 0 Å². The van der Waals surface area contributed by atoms with E-state index in [-0.39, 0.29) is 0 Å². The predicted molar refractivity (Wildman–Crippen MR) is 63.0 cm³/mol. The maximum atomic E-state index is 2.57. The molecule has 1 heteroatoms. The highest BCUT2D eigenvalue weighted by Gasteiger charge is 2.29. The van der Waals surface area contributed by atoms with Gasteiger partial charge in [-0.1, -0.05) is 24.3 Å². The molecule has 1 fully saturated rings. The van der Waals surface area contributed by atoms with E-state index in [0.29, 0.717) is 0 Å². The molecular formula is C14H19N. The molecule has 0 N–H and O–H groups in total. The van der Waals surface area contributed by atoms with E-state index >= 15 is 0 Å². The second kappa shape index (κ2) is 3.64. The summed E-state index contributed by atoms with van der Waals surface area (Å²) in [7, 11) is 2.30. The van der Waals surface area contributed by atoms with Crippen LogP contribution in [0.4, 0.5) is 0 Å². The summed E-state index contributed by atoms with van der Waals surface area (Å²) in [4.78, 5) is 2.57. The summed E-state index contributed by atoms with van der Waals surface area (Å²) < 4.78 is 0. The van der Waals surface area contributed by atoms with Crippen molar-refractivity contribution in [2.45, 2.75) is 31.7 Å². The molecule has 4 rings (SSSR count). The largest absolute Gasteiger partial charge is 0.303 e. The fraction of sp³-hybridized carbons (Fsp3) is 0.571. The van der Waals surface area contributed by atoms with E-state index in [1.807, 2.05) is 0 Å². The van der Waals surface area contributed by atoms with Crippen molar-refractivity contribution < 1.29 is 0 Å². The Morgan fingerprint density at radius 1 is 1.07 bits per heavy atom. The number of fused-ring (bicyclic) bond motifs is 2. The summed E-state index contributed by atoms with van der Waals surface area (Å²) in [5.41, 5.74) is 3.21. The molecule has 1 saturated heterocycles. The van der Waals surface area contributed by atoms with Gasteiger partial charge in [0.15, 0.2) is 0 Å². The minimum Gasteiger partial charge on any atom is -0.303 e. The molecule has 3 aliphatic rings. The Labute approximate surface area is 92.1 Å². The quantitative estimate of drug-likeness (QED) is 0.623. The molecule has 0 saturated carbocycles. The van der Waals surface area contributed by atoms with Crippen molar-refractivity contribution in [2.75, 3.05) is 13.6 Å². The summed E-state index contributed by atoms with van der Waals surface area (Å²) in [5.74, 6) is 0.896. The predicted octanol–water partition coefficient (Wildman–Crippen LogP) is 2.50. The molecule has 2 bridgehead atoms. The molecule has 2 aliphatic heterocycles. The van der Waals surface area contributed by atoms with Gasteiger partial charge in [0.05, 0.1) is 0 Å². The number of nitrogens with zero attached hydrogens (tertiary/aromatic N) is 1. The highest BCUT2D eigenvalue weighted by molar-refractivity contribution is 5.29. The van der Waals surface area contributed by atoms with Crippen LogP contribution in [0.5, 0.6) is 0 Å². The van der Waals surface area contributed by atoms with Gasteiger partial charge in [0, 0.05) is 12.6 Å². The zero-order valence-corrected chi connectivity index (χ0v) is 9.45. The van der Waals surface area contributed by atoms with Crippen LogP contribution in [0.2, 0.25) is 0 Å². The normalized spacial score (nSPS) is 30.7. The topological polar surface area (TPSA) is 3.24 Å². The second-order valence-corrected chi connectivity index (χ2v) is 5.21. The standard InChI is InChI=1S/C14H19N/c1-15-10-11-6-7-14(15)9-13-5-3-2-4-12(13)8-11/h2-5,11,14H,6-10H2,1H3/t11?,14-/m1/s1. The van der Waals surface area contributed by atoms with Crippen LogP contribution in [-0.4, -0.2) is 24.5 Å². The van der Waals surface area contributed by atoms with E-state index in [1.165, 1.54) is 32.2 Å². The summed E-state index contributed by atoms with van der Waals surface area (Å²) in [6.07, 6.45) is 5.39. The molecule has 1 aliphatic carbocycles. The third-order valence-electron chi connectivity index (χ3n) is 4.16. The lowest BCUT2D eigenvalue weighted by Gasteiger charge is -2.40. The average molecular weight is 201 g/mol. The first-order valence-electron chi connectivity index (χ1n) is 6.10. The Hall–Kier alpha value is -0.820. The number of benzene rings is 1. The van der Waals surface area contributed by atoms with Gasteiger partial charge in [-0.15, -0.1) is 0 Å². The molecule has 1 aromatic carbocycles. The Kier molecular flexibility index (Phi) is 2.28. The molecular weight excluding hydrogens is 182 g/mol. The van der Waals surface area contributed by atoms with Crippen molar-refractivity contribution in [1.29, 1.82) is 0 Å². The average Bonchev–Trinajstić information content (AvgIpc) is 2.20. The first-order chi connectivity index (χ1) is 7.33. The van der Waals surface area contributed by atoms with Crippen LogP contribution in [0.3, 0.4) is 0 Å². The van der Waals surface area contributed by atoms with Crippen LogP contribution in [0.25, 0.3) is 0 Å². The van der Waals surface area contributed by atoms with Crippen molar-refractivity contribution in [3.63, 3.8) is 0 Å². The molecule has 1 unspecified atom stereocenters. The van der Waals surface area contributed by atoms with Crippen LogP contribution in [0.15, 0.2) is 24.3 Å². The number of rotatable bonds is 0. The van der Waals surface area contributed by atoms with E-state index in [0.717, 1.165) is 12.0 Å². The zero-order valence-electron chi connectivity index (χ0n) is 9.45. The highest BCUT2D eigenvalue weighted by atomic mass is 15.1. The van der Waals surface area contributed by atoms with Gasteiger partial charge in [-0.2, -0.15) is 0 Å². The molecule has 15 heavy (non-hydrogen) atoms.